The Morgan fingerprint density at radius 2 is 2.07 bits per heavy atom. The van der Waals surface area contributed by atoms with Gasteiger partial charge in [-0.05, 0) is 30.1 Å². The van der Waals surface area contributed by atoms with Crippen molar-refractivity contribution < 1.29 is 0 Å². The Balaban J connectivity index is 2.31. The largest absolute Gasteiger partial charge is 0.316 e. The lowest BCUT2D eigenvalue weighted by Gasteiger charge is -2.12. The van der Waals surface area contributed by atoms with Crippen LogP contribution in [0.15, 0.2) is 24.3 Å². The quantitative estimate of drug-likeness (QED) is 0.587. The Labute approximate surface area is 88.0 Å². The van der Waals surface area contributed by atoms with Gasteiger partial charge in [0.15, 0.2) is 0 Å². The summed E-state index contributed by atoms with van der Waals surface area (Å²) >= 11 is 0. The summed E-state index contributed by atoms with van der Waals surface area (Å²) in [7, 11) is 0. The molecule has 4 rings (SSSR count). The molecule has 0 spiro atoms. The standard InChI is InChI=1S/C14H11N/c1-4-10-5-3-9-15-13-8-2-6-11(13)12(7-1)14(10)15/h1-4,6,8-9H,5,7H2. The van der Waals surface area contributed by atoms with Crippen molar-refractivity contribution >= 4 is 23.9 Å². The predicted molar refractivity (Wildman–Crippen MR) is 63.4 cm³/mol. The van der Waals surface area contributed by atoms with Crippen molar-refractivity contribution in [2.75, 3.05) is 0 Å². The predicted octanol–water partition coefficient (Wildman–Crippen LogP) is 1.43. The van der Waals surface area contributed by atoms with Gasteiger partial charge in [-0.2, -0.15) is 0 Å². The minimum Gasteiger partial charge on any atom is -0.316 e. The summed E-state index contributed by atoms with van der Waals surface area (Å²) in [4.78, 5) is 0. The van der Waals surface area contributed by atoms with Crippen molar-refractivity contribution in [2.45, 2.75) is 12.8 Å². The summed E-state index contributed by atoms with van der Waals surface area (Å²) in [5.41, 5.74) is 4.41. The Morgan fingerprint density at radius 3 is 3.07 bits per heavy atom. The van der Waals surface area contributed by atoms with E-state index in [1.54, 1.807) is 0 Å². The molecule has 0 saturated heterocycles. The van der Waals surface area contributed by atoms with Crippen molar-refractivity contribution in [3.05, 3.63) is 46.1 Å². The van der Waals surface area contributed by atoms with E-state index in [0.29, 0.717) is 0 Å². The molecule has 0 amide bonds. The maximum absolute atomic E-state index is 2.34. The molecule has 1 heteroatoms. The molecule has 1 aromatic heterocycles. The minimum absolute atomic E-state index is 1.08. The molecule has 0 aromatic carbocycles. The number of rotatable bonds is 0. The molecular weight excluding hydrogens is 182 g/mol. The third kappa shape index (κ3) is 0.793. The average molecular weight is 193 g/mol. The minimum atomic E-state index is 1.08. The Hall–Kier alpha value is -1.76. The molecule has 1 aromatic rings. The van der Waals surface area contributed by atoms with E-state index >= 15 is 0 Å². The van der Waals surface area contributed by atoms with Gasteiger partial charge in [0, 0.05) is 11.8 Å². The van der Waals surface area contributed by atoms with E-state index in [0.717, 1.165) is 12.8 Å². The number of fused-ring (bicyclic) bond motifs is 3. The summed E-state index contributed by atoms with van der Waals surface area (Å²) in [6.45, 7) is 0. The van der Waals surface area contributed by atoms with Gasteiger partial charge in [-0.25, -0.2) is 0 Å². The van der Waals surface area contributed by atoms with Crippen LogP contribution in [-0.4, -0.2) is 4.57 Å². The fourth-order valence-electron chi connectivity index (χ4n) is 2.83. The maximum Gasteiger partial charge on any atom is 0.0532 e. The van der Waals surface area contributed by atoms with Gasteiger partial charge in [-0.15, -0.1) is 0 Å². The van der Waals surface area contributed by atoms with E-state index in [-0.39, 0.29) is 0 Å². The van der Waals surface area contributed by atoms with Crippen molar-refractivity contribution in [1.82, 2.24) is 4.57 Å². The van der Waals surface area contributed by atoms with Crippen LogP contribution in [0.3, 0.4) is 0 Å². The van der Waals surface area contributed by atoms with Crippen LogP contribution in [0, 0.1) is 0 Å². The normalized spacial score (nSPS) is 19.1. The molecule has 0 unspecified atom stereocenters. The van der Waals surface area contributed by atoms with Crippen molar-refractivity contribution in [3.8, 4) is 0 Å². The van der Waals surface area contributed by atoms with Gasteiger partial charge in [-0.3, -0.25) is 0 Å². The molecule has 0 saturated carbocycles. The van der Waals surface area contributed by atoms with Gasteiger partial charge in [0.05, 0.1) is 10.7 Å². The molecule has 15 heavy (non-hydrogen) atoms. The molecule has 1 aliphatic heterocycles. The fourth-order valence-corrected chi connectivity index (χ4v) is 2.83. The lowest BCUT2D eigenvalue weighted by Crippen LogP contribution is -2.27. The number of aromatic nitrogens is 1. The lowest BCUT2D eigenvalue weighted by atomic mass is 9.99. The van der Waals surface area contributed by atoms with Gasteiger partial charge >= 0.3 is 0 Å². The number of hydrogen-bond donors (Lipinski definition) is 0. The Kier molecular flexibility index (Phi) is 1.22. The molecule has 0 fully saturated rings. The number of nitrogens with zero attached hydrogens (tertiary/aromatic N) is 1. The Bertz CT molecular complexity index is 663. The zero-order valence-electron chi connectivity index (χ0n) is 8.40. The van der Waals surface area contributed by atoms with Crippen LogP contribution in [-0.2, 0) is 6.42 Å². The third-order valence-corrected chi connectivity index (χ3v) is 3.44. The zero-order chi connectivity index (χ0) is 9.83. The van der Waals surface area contributed by atoms with Gasteiger partial charge < -0.3 is 4.57 Å². The lowest BCUT2D eigenvalue weighted by molar-refractivity contribution is 1.01. The van der Waals surface area contributed by atoms with Crippen molar-refractivity contribution in [1.29, 1.82) is 0 Å². The molecule has 3 aliphatic rings. The van der Waals surface area contributed by atoms with E-state index in [9.17, 15) is 0 Å². The van der Waals surface area contributed by atoms with Crippen LogP contribution in [0.2, 0.25) is 0 Å². The second kappa shape index (κ2) is 2.43. The van der Waals surface area contributed by atoms with Gasteiger partial charge in [0.1, 0.15) is 0 Å². The molecule has 2 heterocycles. The molecule has 0 radical (unpaired) electrons. The maximum atomic E-state index is 2.34. The van der Waals surface area contributed by atoms with Crippen LogP contribution in [0.5, 0.6) is 0 Å². The number of hydrogen-bond acceptors (Lipinski definition) is 0. The monoisotopic (exact) mass is 193 g/mol. The van der Waals surface area contributed by atoms with Gasteiger partial charge in [-0.1, -0.05) is 30.4 Å². The van der Waals surface area contributed by atoms with E-state index < -0.39 is 0 Å². The molecule has 0 atom stereocenters. The number of allylic oxidation sites excluding steroid dienone is 4. The third-order valence-electron chi connectivity index (χ3n) is 3.44. The van der Waals surface area contributed by atoms with Crippen LogP contribution >= 0.6 is 0 Å². The summed E-state index contributed by atoms with van der Waals surface area (Å²) in [6.07, 6.45) is 17.8. The first-order chi connectivity index (χ1) is 7.45. The summed E-state index contributed by atoms with van der Waals surface area (Å²) in [5.74, 6) is 0. The van der Waals surface area contributed by atoms with E-state index in [4.69, 9.17) is 0 Å². The summed E-state index contributed by atoms with van der Waals surface area (Å²) in [6, 6.07) is 0. The van der Waals surface area contributed by atoms with E-state index in [1.165, 1.54) is 27.4 Å². The first kappa shape index (κ1) is 7.52. The fraction of sp³-hybridized carbons (Fsp3) is 0.143. The molecule has 2 aliphatic carbocycles. The molecule has 1 nitrogen and oxygen atoms in total. The summed E-state index contributed by atoms with van der Waals surface area (Å²) < 4.78 is 2.34. The van der Waals surface area contributed by atoms with Gasteiger partial charge in [0.2, 0.25) is 0 Å². The highest BCUT2D eigenvalue weighted by molar-refractivity contribution is 5.74. The van der Waals surface area contributed by atoms with Crippen molar-refractivity contribution in [2.24, 2.45) is 0 Å². The molecule has 0 N–H and O–H groups in total. The average Bonchev–Trinajstić information content (AvgIpc) is 2.84. The highest BCUT2D eigenvalue weighted by atomic mass is 15.0. The molecule has 0 bridgehead atoms. The van der Waals surface area contributed by atoms with Crippen molar-refractivity contribution in [3.63, 3.8) is 0 Å². The van der Waals surface area contributed by atoms with Crippen LogP contribution in [0.4, 0.5) is 0 Å². The highest BCUT2D eigenvalue weighted by Gasteiger charge is 2.18. The van der Waals surface area contributed by atoms with Crippen LogP contribution < -0.4 is 10.7 Å². The van der Waals surface area contributed by atoms with E-state index in [1.807, 2.05) is 0 Å². The molecule has 72 valence electrons. The van der Waals surface area contributed by atoms with E-state index in [2.05, 4.69) is 47.2 Å². The first-order valence-corrected chi connectivity index (χ1v) is 5.43. The second-order valence-corrected chi connectivity index (χ2v) is 4.24. The molecular formula is C14H11N. The van der Waals surface area contributed by atoms with Gasteiger partial charge in [0.25, 0.3) is 0 Å². The first-order valence-electron chi connectivity index (χ1n) is 5.43. The van der Waals surface area contributed by atoms with Crippen LogP contribution in [0.1, 0.15) is 17.5 Å². The Morgan fingerprint density at radius 1 is 1.07 bits per heavy atom. The highest BCUT2D eigenvalue weighted by Crippen LogP contribution is 2.19. The zero-order valence-corrected chi connectivity index (χ0v) is 8.40. The van der Waals surface area contributed by atoms with Crippen LogP contribution in [0.25, 0.3) is 23.9 Å². The second-order valence-electron chi connectivity index (χ2n) is 4.24. The summed E-state index contributed by atoms with van der Waals surface area (Å²) in [5, 5.41) is 2.81. The smallest absolute Gasteiger partial charge is 0.0532 e. The topological polar surface area (TPSA) is 4.93 Å². The SMILES string of the molecule is C1=Cc2c3c4n(c2=C1)C=CCC=4C=CC3.